The summed E-state index contributed by atoms with van der Waals surface area (Å²) in [5.41, 5.74) is 4.76. The number of benzene rings is 3. The highest BCUT2D eigenvalue weighted by Gasteiger charge is 2.12. The first-order valence-electron chi connectivity index (χ1n) is 12.4. The zero-order chi connectivity index (χ0) is 26.0. The van der Waals surface area contributed by atoms with Gasteiger partial charge in [-0.3, -0.25) is 4.79 Å². The van der Waals surface area contributed by atoms with E-state index >= 15 is 0 Å². The molecule has 3 aromatic carbocycles. The van der Waals surface area contributed by atoms with Crippen LogP contribution in [0, 0.1) is 11.3 Å². The van der Waals surface area contributed by atoms with Gasteiger partial charge in [0.05, 0.1) is 24.7 Å². The van der Waals surface area contributed by atoms with E-state index in [1.807, 2.05) is 54.6 Å². The van der Waals surface area contributed by atoms with Crippen LogP contribution < -0.4 is 15.6 Å². The van der Waals surface area contributed by atoms with Gasteiger partial charge >= 0.3 is 6.09 Å². The van der Waals surface area contributed by atoms with Gasteiger partial charge in [0.1, 0.15) is 5.75 Å². The lowest BCUT2D eigenvalue weighted by atomic mass is 9.99. The molecule has 0 unspecified atom stereocenters. The van der Waals surface area contributed by atoms with Crippen LogP contribution in [0.4, 0.5) is 4.79 Å². The van der Waals surface area contributed by atoms with Crippen molar-refractivity contribution in [3.8, 4) is 22.9 Å². The highest BCUT2D eigenvalue weighted by atomic mass is 16.6. The van der Waals surface area contributed by atoms with Crippen molar-refractivity contribution in [2.75, 3.05) is 0 Å². The fraction of sp³-hybridized carbons (Fsp3) is 0.194. The normalized spacial score (nSPS) is 10.5. The van der Waals surface area contributed by atoms with Gasteiger partial charge < -0.3 is 14.6 Å². The lowest BCUT2D eigenvalue weighted by Gasteiger charge is -2.16. The fourth-order valence-electron chi connectivity index (χ4n) is 4.15. The summed E-state index contributed by atoms with van der Waals surface area (Å²) in [6.07, 6.45) is 2.18. The molecule has 0 aliphatic heterocycles. The van der Waals surface area contributed by atoms with Crippen LogP contribution in [0.25, 0.3) is 11.1 Å². The lowest BCUT2D eigenvalue weighted by molar-refractivity contribution is 0.200. The summed E-state index contributed by atoms with van der Waals surface area (Å²) in [6.45, 7) is 2.61. The quantitative estimate of drug-likeness (QED) is 0.308. The van der Waals surface area contributed by atoms with Crippen LogP contribution in [0.5, 0.6) is 5.75 Å². The third kappa shape index (κ3) is 6.53. The van der Waals surface area contributed by atoms with Crippen LogP contribution >= 0.6 is 0 Å². The molecule has 4 rings (SSSR count). The molecule has 0 aliphatic rings. The summed E-state index contributed by atoms with van der Waals surface area (Å²) < 4.78 is 7.05. The van der Waals surface area contributed by atoms with Crippen molar-refractivity contribution in [1.82, 2.24) is 9.88 Å². The Balaban J connectivity index is 1.53. The molecule has 0 aliphatic carbocycles. The largest absolute Gasteiger partial charge is 0.412 e. The molecule has 1 amide bonds. The lowest BCUT2D eigenvalue weighted by Crippen LogP contribution is -2.33. The molecule has 0 saturated heterocycles. The number of rotatable bonds is 9. The maximum Gasteiger partial charge on any atom is 0.412 e. The molecule has 1 N–H and O–H groups in total. The molecule has 0 atom stereocenters. The average Bonchev–Trinajstić information content (AvgIpc) is 2.93. The summed E-state index contributed by atoms with van der Waals surface area (Å²) in [5.74, 6) is 0.438. The summed E-state index contributed by atoms with van der Waals surface area (Å²) >= 11 is 0. The number of pyridine rings is 1. The van der Waals surface area contributed by atoms with Gasteiger partial charge in [-0.2, -0.15) is 5.26 Å². The van der Waals surface area contributed by atoms with Gasteiger partial charge in [0.2, 0.25) is 0 Å². The molecule has 37 heavy (non-hydrogen) atoms. The topological polar surface area (TPSA) is 84.1 Å². The zero-order valence-corrected chi connectivity index (χ0v) is 20.8. The second-order valence-electron chi connectivity index (χ2n) is 8.76. The summed E-state index contributed by atoms with van der Waals surface area (Å²) in [4.78, 5) is 25.6. The number of amides is 1. The average molecular weight is 492 g/mol. The number of unbranched alkanes of at least 4 members (excludes halogenated alkanes) is 1. The van der Waals surface area contributed by atoms with E-state index in [-0.39, 0.29) is 12.1 Å². The number of ether oxygens (including phenoxy) is 1. The number of nitrogens with one attached hydrogen (secondary N) is 1. The number of nitrogens with zero attached hydrogens (tertiary/aromatic N) is 2. The molecule has 0 spiro atoms. The van der Waals surface area contributed by atoms with Gasteiger partial charge in [-0.1, -0.05) is 74.0 Å². The first-order valence-corrected chi connectivity index (χ1v) is 12.4. The number of carbonyl (C=O) groups excluding carboxylic acids is 1. The molecule has 186 valence electrons. The van der Waals surface area contributed by atoms with Gasteiger partial charge in [-0.15, -0.1) is 0 Å². The summed E-state index contributed by atoms with van der Waals surface area (Å²) in [6, 6.07) is 30.2. The van der Waals surface area contributed by atoms with Crippen LogP contribution in [0.3, 0.4) is 0 Å². The second-order valence-corrected chi connectivity index (χ2v) is 8.76. The van der Waals surface area contributed by atoms with E-state index in [1.54, 1.807) is 41.0 Å². The van der Waals surface area contributed by atoms with Crippen molar-refractivity contribution in [3.05, 3.63) is 124 Å². The molecule has 6 nitrogen and oxygen atoms in total. The highest BCUT2D eigenvalue weighted by molar-refractivity contribution is 5.71. The van der Waals surface area contributed by atoms with Crippen LogP contribution in [0.15, 0.2) is 95.8 Å². The molecule has 0 fully saturated rings. The zero-order valence-electron chi connectivity index (χ0n) is 20.8. The maximum atomic E-state index is 13.4. The first-order chi connectivity index (χ1) is 18.1. The van der Waals surface area contributed by atoms with Crippen molar-refractivity contribution in [1.29, 1.82) is 5.26 Å². The number of carbonyl (C=O) groups is 1. The minimum atomic E-state index is -0.611. The maximum absolute atomic E-state index is 13.4. The van der Waals surface area contributed by atoms with E-state index in [2.05, 4.69) is 18.3 Å². The number of hydrogen-bond acceptors (Lipinski definition) is 4. The van der Waals surface area contributed by atoms with Crippen molar-refractivity contribution in [3.63, 3.8) is 0 Å². The Morgan fingerprint density at radius 2 is 1.68 bits per heavy atom. The Morgan fingerprint density at radius 1 is 0.946 bits per heavy atom. The van der Waals surface area contributed by atoms with Crippen molar-refractivity contribution in [2.24, 2.45) is 0 Å². The Kier molecular flexibility index (Phi) is 8.51. The van der Waals surface area contributed by atoms with Crippen molar-refractivity contribution < 1.29 is 9.53 Å². The predicted molar refractivity (Wildman–Crippen MR) is 144 cm³/mol. The Hall–Kier alpha value is -4.63. The van der Waals surface area contributed by atoms with E-state index in [9.17, 15) is 14.9 Å². The number of nitriles is 1. The van der Waals surface area contributed by atoms with E-state index < -0.39 is 6.09 Å². The number of aryl methyl sites for hydroxylation is 1. The minimum absolute atomic E-state index is 0.0719. The van der Waals surface area contributed by atoms with Crippen LogP contribution in [-0.2, 0) is 19.5 Å². The first kappa shape index (κ1) is 25.5. The Bertz CT molecular complexity index is 1450. The van der Waals surface area contributed by atoms with Crippen LogP contribution in [0.2, 0.25) is 0 Å². The van der Waals surface area contributed by atoms with Crippen molar-refractivity contribution in [2.45, 2.75) is 39.3 Å². The van der Waals surface area contributed by atoms with E-state index in [1.165, 1.54) is 0 Å². The minimum Gasteiger partial charge on any atom is -0.410 e. The smallest absolute Gasteiger partial charge is 0.410 e. The molecule has 1 aromatic heterocycles. The van der Waals surface area contributed by atoms with E-state index in [0.29, 0.717) is 23.4 Å². The second kappa shape index (κ2) is 12.4. The van der Waals surface area contributed by atoms with Crippen LogP contribution in [-0.4, -0.2) is 10.7 Å². The van der Waals surface area contributed by atoms with Gasteiger partial charge in [0.15, 0.2) is 0 Å². The van der Waals surface area contributed by atoms with E-state index in [0.717, 1.165) is 41.6 Å². The molecule has 1 heterocycles. The Labute approximate surface area is 216 Å². The number of para-hydroxylation sites is 1. The molecule has 0 saturated carbocycles. The third-order valence-corrected chi connectivity index (χ3v) is 6.16. The third-order valence-electron chi connectivity index (χ3n) is 6.16. The molecular formula is C31H29N3O3. The highest BCUT2D eigenvalue weighted by Crippen LogP contribution is 2.24. The monoisotopic (exact) mass is 491 g/mol. The summed E-state index contributed by atoms with van der Waals surface area (Å²) in [5, 5.41) is 12.1. The van der Waals surface area contributed by atoms with Gasteiger partial charge in [-0.25, -0.2) is 4.79 Å². The molecule has 0 radical (unpaired) electrons. The fourth-order valence-corrected chi connectivity index (χ4v) is 4.15. The summed E-state index contributed by atoms with van der Waals surface area (Å²) in [7, 11) is 0. The Morgan fingerprint density at radius 3 is 2.41 bits per heavy atom. The van der Waals surface area contributed by atoms with Crippen LogP contribution in [0.1, 0.15) is 42.1 Å². The molecule has 6 heteroatoms. The SMILES string of the molecule is CCCCc1ccc(CNC(=O)Oc2ccccc2)c(=O)n1Cc1ccc(-c2ccccc2C#N)cc1. The molecule has 4 aromatic rings. The number of aromatic nitrogens is 1. The van der Waals surface area contributed by atoms with Gasteiger partial charge in [0.25, 0.3) is 5.56 Å². The van der Waals surface area contributed by atoms with E-state index in [4.69, 9.17) is 4.74 Å². The molecule has 0 bridgehead atoms. The van der Waals surface area contributed by atoms with Gasteiger partial charge in [-0.05, 0) is 59.9 Å². The standard InChI is InChI=1S/C31H29N3O3/c1-2-3-10-27-19-18-26(21-33-31(36)37-28-11-5-4-6-12-28)30(35)34(27)22-23-14-16-24(17-15-23)29-13-8-7-9-25(29)20-32/h4-9,11-19H,2-3,10,21-22H2,1H3,(H,33,36). The van der Waals surface area contributed by atoms with Crippen molar-refractivity contribution >= 4 is 6.09 Å². The predicted octanol–water partition coefficient (Wildman–Crippen LogP) is 6.07. The number of hydrogen-bond donors (Lipinski definition) is 1. The molecular weight excluding hydrogens is 462 g/mol. The van der Waals surface area contributed by atoms with Gasteiger partial charge in [0, 0.05) is 11.3 Å².